The van der Waals surface area contributed by atoms with Crippen LogP contribution in [0.1, 0.15) is 50.7 Å². The van der Waals surface area contributed by atoms with Crippen LogP contribution in [-0.4, -0.2) is 11.8 Å². The van der Waals surface area contributed by atoms with Crippen LogP contribution in [-0.2, 0) is 5.54 Å². The molecule has 2 aromatic rings. The quantitative estimate of drug-likeness (QED) is 0.677. The van der Waals surface area contributed by atoms with Crippen molar-refractivity contribution in [2.45, 2.75) is 56.0 Å². The first-order valence-electron chi connectivity index (χ1n) is 8.95. The number of rotatable bonds is 5. The Balaban J connectivity index is 2.08. The molecule has 0 fully saturated rings. The molecule has 3 heteroatoms. The van der Waals surface area contributed by atoms with Gasteiger partial charge in [0.2, 0.25) is 0 Å². The number of unbranched alkanes of at least 4 members (excludes halogenated alkanes) is 1. The van der Waals surface area contributed by atoms with Gasteiger partial charge in [0.1, 0.15) is 0 Å². The first kappa shape index (κ1) is 17.8. The summed E-state index contributed by atoms with van der Waals surface area (Å²) in [5.74, 6) is 1.13. The van der Waals surface area contributed by atoms with E-state index >= 15 is 0 Å². The van der Waals surface area contributed by atoms with Crippen molar-refractivity contribution in [3.8, 4) is 0 Å². The summed E-state index contributed by atoms with van der Waals surface area (Å²) in [7, 11) is 0. The van der Waals surface area contributed by atoms with Gasteiger partial charge in [0.25, 0.3) is 0 Å². The topological polar surface area (TPSA) is 12.0 Å². The predicted octanol–water partition coefficient (Wildman–Crippen LogP) is 6.25. The lowest BCUT2D eigenvalue weighted by Crippen LogP contribution is -2.48. The smallest absolute Gasteiger partial charge is 0.0701 e. The molecule has 2 unspecified atom stereocenters. The number of thioether (sulfide) groups is 1. The Morgan fingerprint density at radius 2 is 1.88 bits per heavy atom. The summed E-state index contributed by atoms with van der Waals surface area (Å²) in [4.78, 5) is 1.40. The van der Waals surface area contributed by atoms with Crippen LogP contribution >= 0.6 is 23.4 Å². The third-order valence-electron chi connectivity index (χ3n) is 5.01. The van der Waals surface area contributed by atoms with Crippen molar-refractivity contribution >= 4 is 23.4 Å². The van der Waals surface area contributed by atoms with Gasteiger partial charge in [-0.3, -0.25) is 0 Å². The molecule has 1 N–H and O–H groups in total. The first-order valence-corrected chi connectivity index (χ1v) is 10.3. The maximum absolute atomic E-state index is 6.14. The van der Waals surface area contributed by atoms with Gasteiger partial charge in [0, 0.05) is 21.7 Å². The number of benzene rings is 2. The van der Waals surface area contributed by atoms with Gasteiger partial charge in [-0.1, -0.05) is 68.6 Å². The van der Waals surface area contributed by atoms with E-state index in [1.54, 1.807) is 0 Å². The summed E-state index contributed by atoms with van der Waals surface area (Å²) < 4.78 is 0. The van der Waals surface area contributed by atoms with Crippen LogP contribution in [0.2, 0.25) is 5.02 Å². The van der Waals surface area contributed by atoms with E-state index in [1.807, 2.05) is 23.9 Å². The minimum Gasteiger partial charge on any atom is -0.300 e. The fraction of sp³-hybridized carbons (Fsp3) is 0.429. The summed E-state index contributed by atoms with van der Waals surface area (Å²) in [5, 5.41) is 4.84. The fourth-order valence-corrected chi connectivity index (χ4v) is 5.01. The molecule has 0 bridgehead atoms. The summed E-state index contributed by atoms with van der Waals surface area (Å²) in [5.41, 5.74) is 2.58. The Hall–Kier alpha value is -0.960. The Morgan fingerprint density at radius 1 is 1.12 bits per heavy atom. The van der Waals surface area contributed by atoms with Crippen LogP contribution in [0.3, 0.4) is 0 Å². The van der Waals surface area contributed by atoms with Gasteiger partial charge in [-0.25, -0.2) is 0 Å². The van der Waals surface area contributed by atoms with Gasteiger partial charge in [-0.15, -0.1) is 11.8 Å². The molecule has 0 radical (unpaired) electrons. The van der Waals surface area contributed by atoms with Gasteiger partial charge in [0.15, 0.2) is 0 Å². The molecule has 3 rings (SSSR count). The third-order valence-corrected chi connectivity index (χ3v) is 6.50. The van der Waals surface area contributed by atoms with Crippen molar-refractivity contribution in [1.82, 2.24) is 5.32 Å². The van der Waals surface area contributed by atoms with Crippen molar-refractivity contribution in [1.29, 1.82) is 0 Å². The van der Waals surface area contributed by atoms with Crippen LogP contribution in [0, 0.1) is 0 Å². The summed E-state index contributed by atoms with van der Waals surface area (Å²) in [6.07, 6.45) is 4.77. The molecule has 1 heterocycles. The van der Waals surface area contributed by atoms with E-state index in [9.17, 15) is 0 Å². The van der Waals surface area contributed by atoms with Gasteiger partial charge < -0.3 is 5.32 Å². The zero-order chi connectivity index (χ0) is 17.0. The van der Waals surface area contributed by atoms with E-state index < -0.39 is 0 Å². The van der Waals surface area contributed by atoms with E-state index in [1.165, 1.54) is 35.3 Å². The van der Waals surface area contributed by atoms with Crippen molar-refractivity contribution in [3.63, 3.8) is 0 Å². The Labute approximate surface area is 155 Å². The second-order valence-electron chi connectivity index (χ2n) is 6.56. The van der Waals surface area contributed by atoms with E-state index in [-0.39, 0.29) is 5.54 Å². The summed E-state index contributed by atoms with van der Waals surface area (Å²) in [6, 6.07) is 17.8. The molecule has 0 amide bonds. The van der Waals surface area contributed by atoms with Gasteiger partial charge in [-0.2, -0.15) is 0 Å². The van der Waals surface area contributed by atoms with Crippen molar-refractivity contribution in [3.05, 3.63) is 64.7 Å². The molecule has 2 aromatic carbocycles. The standard InChI is InChI=1S/C21H26ClNS/c1-3-5-8-18-15-24-20-10-7-6-9-19(20)21(4-2,23-18)16-11-13-17(22)14-12-16/h6-7,9-14,18,23H,3-5,8,15H2,1-2H3. The van der Waals surface area contributed by atoms with Crippen molar-refractivity contribution in [2.75, 3.05) is 5.75 Å². The summed E-state index contributed by atoms with van der Waals surface area (Å²) in [6.45, 7) is 4.55. The maximum Gasteiger partial charge on any atom is 0.0701 e. The molecule has 1 nitrogen and oxygen atoms in total. The highest BCUT2D eigenvalue weighted by Crippen LogP contribution is 2.42. The molecule has 0 aromatic heterocycles. The molecule has 0 saturated carbocycles. The minimum atomic E-state index is -0.136. The van der Waals surface area contributed by atoms with Crippen LogP contribution in [0.4, 0.5) is 0 Å². The van der Waals surface area contributed by atoms with E-state index in [0.717, 1.165) is 17.2 Å². The second kappa shape index (κ2) is 7.95. The lowest BCUT2D eigenvalue weighted by atomic mass is 9.79. The molecular weight excluding hydrogens is 334 g/mol. The highest BCUT2D eigenvalue weighted by molar-refractivity contribution is 7.99. The van der Waals surface area contributed by atoms with Crippen LogP contribution in [0.25, 0.3) is 0 Å². The van der Waals surface area contributed by atoms with Crippen LogP contribution in [0.15, 0.2) is 53.4 Å². The average molecular weight is 360 g/mol. The number of nitrogens with one attached hydrogen (secondary N) is 1. The molecule has 128 valence electrons. The normalized spacial score (nSPS) is 23.5. The lowest BCUT2D eigenvalue weighted by Gasteiger charge is -2.38. The van der Waals surface area contributed by atoms with Crippen LogP contribution < -0.4 is 5.32 Å². The fourth-order valence-electron chi connectivity index (χ4n) is 3.68. The SMILES string of the molecule is CCCCC1CSc2ccccc2C(CC)(c2ccc(Cl)cc2)N1. The monoisotopic (exact) mass is 359 g/mol. The highest BCUT2D eigenvalue weighted by atomic mass is 35.5. The highest BCUT2D eigenvalue weighted by Gasteiger charge is 2.38. The lowest BCUT2D eigenvalue weighted by molar-refractivity contribution is 0.330. The van der Waals surface area contributed by atoms with Crippen molar-refractivity contribution in [2.24, 2.45) is 0 Å². The van der Waals surface area contributed by atoms with Gasteiger partial charge in [0.05, 0.1) is 5.54 Å². The number of hydrogen-bond acceptors (Lipinski definition) is 2. The molecule has 1 aliphatic rings. The second-order valence-corrected chi connectivity index (χ2v) is 8.05. The molecule has 0 aliphatic carbocycles. The number of halogens is 1. The largest absolute Gasteiger partial charge is 0.300 e. The van der Waals surface area contributed by atoms with Gasteiger partial charge in [-0.05, 0) is 42.2 Å². The zero-order valence-electron chi connectivity index (χ0n) is 14.5. The Bertz CT molecular complexity index is 670. The Kier molecular flexibility index (Phi) is 5.91. The molecular formula is C21H26ClNS. The van der Waals surface area contributed by atoms with Crippen LogP contribution in [0.5, 0.6) is 0 Å². The molecule has 2 atom stereocenters. The predicted molar refractivity (Wildman–Crippen MR) is 106 cm³/mol. The van der Waals surface area contributed by atoms with E-state index in [2.05, 4.69) is 55.6 Å². The first-order chi connectivity index (χ1) is 11.7. The zero-order valence-corrected chi connectivity index (χ0v) is 16.1. The number of hydrogen-bond donors (Lipinski definition) is 1. The van der Waals surface area contributed by atoms with Crippen molar-refractivity contribution < 1.29 is 0 Å². The average Bonchev–Trinajstić information content (AvgIpc) is 2.78. The van der Waals surface area contributed by atoms with E-state index in [0.29, 0.717) is 6.04 Å². The Morgan fingerprint density at radius 3 is 2.58 bits per heavy atom. The van der Waals surface area contributed by atoms with Gasteiger partial charge >= 0.3 is 0 Å². The molecule has 1 aliphatic heterocycles. The summed E-state index contributed by atoms with van der Waals surface area (Å²) >= 11 is 8.14. The maximum atomic E-state index is 6.14. The number of fused-ring (bicyclic) bond motifs is 1. The molecule has 0 spiro atoms. The minimum absolute atomic E-state index is 0.136. The van der Waals surface area contributed by atoms with E-state index in [4.69, 9.17) is 11.6 Å². The molecule has 24 heavy (non-hydrogen) atoms. The molecule has 0 saturated heterocycles. The third kappa shape index (κ3) is 3.51.